The van der Waals surface area contributed by atoms with E-state index < -0.39 is 10.0 Å². The van der Waals surface area contributed by atoms with Crippen molar-refractivity contribution in [3.63, 3.8) is 0 Å². The molecule has 1 N–H and O–H groups in total. The molecule has 4 fully saturated rings. The zero-order valence-electron chi connectivity index (χ0n) is 26.3. The van der Waals surface area contributed by atoms with E-state index in [2.05, 4.69) is 34.1 Å². The fraction of sp³-hybridized carbons (Fsp3) is 0.486. The Hall–Kier alpha value is -3.51. The summed E-state index contributed by atoms with van der Waals surface area (Å²) in [6.07, 6.45) is 6.29. The van der Waals surface area contributed by atoms with Crippen molar-refractivity contribution >= 4 is 37.5 Å². The number of phenolic OH excluding ortho intramolecular Hbond substituents is 1. The molecule has 10 nitrogen and oxygen atoms in total. The minimum absolute atomic E-state index is 0.00378. The van der Waals surface area contributed by atoms with Crippen molar-refractivity contribution in [2.24, 2.45) is 0 Å². The van der Waals surface area contributed by atoms with Gasteiger partial charge in [-0.25, -0.2) is 8.42 Å². The number of nitrogens with zero attached hydrogens (tertiary/aromatic N) is 5. The lowest BCUT2D eigenvalue weighted by atomic mass is 9.95. The third kappa shape index (κ3) is 5.17. The third-order valence-corrected chi connectivity index (χ3v) is 12.6. The maximum atomic E-state index is 13.3. The number of benzene rings is 3. The van der Waals surface area contributed by atoms with E-state index in [9.17, 15) is 13.5 Å². The second kappa shape index (κ2) is 11.6. The molecule has 4 aliphatic heterocycles. The first kappa shape index (κ1) is 29.9. The van der Waals surface area contributed by atoms with Gasteiger partial charge in [-0.3, -0.25) is 4.90 Å². The lowest BCUT2D eigenvalue weighted by molar-refractivity contribution is 0.108. The van der Waals surface area contributed by atoms with Crippen molar-refractivity contribution in [1.29, 1.82) is 0 Å². The second-order valence-corrected chi connectivity index (χ2v) is 15.4. The van der Waals surface area contributed by atoms with E-state index in [1.165, 1.54) is 20.0 Å². The molecule has 1 aromatic heterocycles. The van der Waals surface area contributed by atoms with Gasteiger partial charge in [0.15, 0.2) is 0 Å². The van der Waals surface area contributed by atoms with Gasteiger partial charge in [0.05, 0.1) is 23.4 Å². The molecule has 3 aromatic carbocycles. The molecule has 0 saturated carbocycles. The average molecular weight is 644 g/mol. The zero-order valence-corrected chi connectivity index (χ0v) is 27.1. The summed E-state index contributed by atoms with van der Waals surface area (Å²) < 4.78 is 39.9. The number of methoxy groups -OCH3 is 1. The fourth-order valence-corrected chi connectivity index (χ4v) is 10.4. The van der Waals surface area contributed by atoms with Crippen LogP contribution in [0.5, 0.6) is 11.8 Å². The number of aromatic hydroxyl groups is 1. The van der Waals surface area contributed by atoms with Crippen molar-refractivity contribution in [3.05, 3.63) is 54.6 Å². The highest BCUT2D eigenvalue weighted by Crippen LogP contribution is 2.41. The van der Waals surface area contributed by atoms with Crippen molar-refractivity contribution in [2.45, 2.75) is 56.1 Å². The first-order valence-electron chi connectivity index (χ1n) is 16.5. The van der Waals surface area contributed by atoms with Gasteiger partial charge in [-0.05, 0) is 97.8 Å². The standard InChI is InChI=1S/C35H41N5O5S/c1-44-16-17-46(42,43)40-26-9-10-27(40)22-38(21-26)33-30-11-8-25(31-20-28(41)18-24-6-2-3-7-29(24)31)19-32(30)36-34(37-33)45-23-35-12-4-14-39(35)15-5-13-35/h2-3,6-8,11,18-20,26-27,41H,4-5,9-10,12-17,21-23H2,1H3. The smallest absolute Gasteiger partial charge is 0.319 e. The van der Waals surface area contributed by atoms with Gasteiger partial charge in [0.1, 0.15) is 18.2 Å². The van der Waals surface area contributed by atoms with Crippen LogP contribution >= 0.6 is 0 Å². The number of ether oxygens (including phenoxy) is 2. The van der Waals surface area contributed by atoms with E-state index in [4.69, 9.17) is 19.4 Å². The Balaban J connectivity index is 1.18. The summed E-state index contributed by atoms with van der Waals surface area (Å²) in [6, 6.07) is 17.9. The molecule has 242 valence electrons. The maximum Gasteiger partial charge on any atom is 0.319 e. The molecular formula is C35H41N5O5S. The molecule has 4 aromatic rings. The number of hydrogen-bond donors (Lipinski definition) is 1. The van der Waals surface area contributed by atoms with Crippen LogP contribution in [0.2, 0.25) is 0 Å². The lowest BCUT2D eigenvalue weighted by Gasteiger charge is -2.41. The number of fused-ring (bicyclic) bond motifs is 5. The Morgan fingerprint density at radius 1 is 0.957 bits per heavy atom. The summed E-state index contributed by atoms with van der Waals surface area (Å²) in [7, 11) is -1.89. The molecule has 2 atom stereocenters. The van der Waals surface area contributed by atoms with Gasteiger partial charge < -0.3 is 19.5 Å². The number of phenols is 1. The Morgan fingerprint density at radius 3 is 2.48 bits per heavy atom. The molecule has 2 unspecified atom stereocenters. The monoisotopic (exact) mass is 643 g/mol. The highest BCUT2D eigenvalue weighted by atomic mass is 32.2. The minimum atomic E-state index is -3.42. The van der Waals surface area contributed by atoms with Crippen LogP contribution in [0.15, 0.2) is 54.6 Å². The number of aromatic nitrogens is 2. The van der Waals surface area contributed by atoms with E-state index in [1.54, 1.807) is 16.4 Å². The number of anilines is 1. The Kier molecular flexibility index (Phi) is 7.55. The first-order valence-corrected chi connectivity index (χ1v) is 18.1. The van der Waals surface area contributed by atoms with Crippen molar-refractivity contribution < 1.29 is 23.0 Å². The SMILES string of the molecule is COCCS(=O)(=O)N1C2CCC1CN(c1nc(OCC34CCCN3CCC4)nc3cc(-c4cc(O)cc5ccccc45)ccc13)C2. The molecule has 0 amide bonds. The van der Waals surface area contributed by atoms with Crippen LogP contribution in [0, 0.1) is 0 Å². The number of rotatable bonds is 9. The molecule has 11 heteroatoms. The van der Waals surface area contributed by atoms with E-state index in [1.807, 2.05) is 18.2 Å². The van der Waals surface area contributed by atoms with E-state index in [-0.39, 0.29) is 35.7 Å². The molecule has 4 saturated heterocycles. The molecule has 2 bridgehead atoms. The van der Waals surface area contributed by atoms with Crippen molar-refractivity contribution in [2.75, 3.05) is 57.2 Å². The first-order chi connectivity index (χ1) is 22.3. The van der Waals surface area contributed by atoms with E-state index in [0.29, 0.717) is 25.7 Å². The predicted molar refractivity (Wildman–Crippen MR) is 179 cm³/mol. The zero-order chi connectivity index (χ0) is 31.5. The van der Waals surface area contributed by atoms with Crippen LogP contribution in [-0.4, -0.2) is 103 Å². The minimum Gasteiger partial charge on any atom is -0.508 e. The van der Waals surface area contributed by atoms with Gasteiger partial charge in [-0.15, -0.1) is 0 Å². The number of hydrogen-bond acceptors (Lipinski definition) is 9. The van der Waals surface area contributed by atoms with Crippen LogP contribution in [0.4, 0.5) is 5.82 Å². The third-order valence-electron chi connectivity index (χ3n) is 10.7. The topological polar surface area (TPSA) is 108 Å². The quantitative estimate of drug-likeness (QED) is 0.275. The van der Waals surface area contributed by atoms with Gasteiger partial charge in [0.25, 0.3) is 0 Å². The number of sulfonamides is 1. The summed E-state index contributed by atoms with van der Waals surface area (Å²) in [4.78, 5) is 14.8. The summed E-state index contributed by atoms with van der Waals surface area (Å²) >= 11 is 0. The van der Waals surface area contributed by atoms with Gasteiger partial charge in [-0.1, -0.05) is 30.3 Å². The molecule has 8 rings (SSSR count). The van der Waals surface area contributed by atoms with Gasteiger partial charge in [0, 0.05) is 37.7 Å². The molecule has 0 aliphatic carbocycles. The van der Waals surface area contributed by atoms with Crippen LogP contribution in [0.3, 0.4) is 0 Å². The van der Waals surface area contributed by atoms with Crippen LogP contribution in [0.25, 0.3) is 32.8 Å². The van der Waals surface area contributed by atoms with Crippen molar-refractivity contribution in [1.82, 2.24) is 19.2 Å². The Morgan fingerprint density at radius 2 is 1.72 bits per heavy atom. The largest absolute Gasteiger partial charge is 0.508 e. The normalized spacial score (nSPS) is 23.0. The van der Waals surface area contributed by atoms with Crippen molar-refractivity contribution in [3.8, 4) is 22.9 Å². The molecule has 0 radical (unpaired) electrons. The fourth-order valence-electron chi connectivity index (χ4n) is 8.54. The van der Waals surface area contributed by atoms with Crippen LogP contribution in [0.1, 0.15) is 38.5 Å². The molecular weight excluding hydrogens is 602 g/mol. The number of piperazine rings is 1. The highest BCUT2D eigenvalue weighted by Gasteiger charge is 2.47. The summed E-state index contributed by atoms with van der Waals surface area (Å²) in [5.74, 6) is 0.994. The van der Waals surface area contributed by atoms with Crippen LogP contribution in [-0.2, 0) is 14.8 Å². The second-order valence-electron chi connectivity index (χ2n) is 13.4. The highest BCUT2D eigenvalue weighted by molar-refractivity contribution is 7.89. The summed E-state index contributed by atoms with van der Waals surface area (Å²) in [5, 5.41) is 13.5. The maximum absolute atomic E-state index is 13.3. The van der Waals surface area contributed by atoms with E-state index in [0.717, 1.165) is 77.4 Å². The average Bonchev–Trinajstić information content (AvgIpc) is 3.73. The van der Waals surface area contributed by atoms with Gasteiger partial charge >= 0.3 is 6.01 Å². The lowest BCUT2D eigenvalue weighted by Crippen LogP contribution is -2.56. The van der Waals surface area contributed by atoms with Crippen LogP contribution < -0.4 is 9.64 Å². The predicted octanol–water partition coefficient (Wildman–Crippen LogP) is 4.79. The summed E-state index contributed by atoms with van der Waals surface area (Å²) in [6.45, 7) is 4.11. The van der Waals surface area contributed by atoms with E-state index >= 15 is 0 Å². The van der Waals surface area contributed by atoms with Gasteiger partial charge in [0.2, 0.25) is 10.0 Å². The Bertz CT molecular complexity index is 1880. The Labute approximate surface area is 270 Å². The molecule has 46 heavy (non-hydrogen) atoms. The molecule has 4 aliphatic rings. The molecule has 5 heterocycles. The summed E-state index contributed by atoms with van der Waals surface area (Å²) in [5.41, 5.74) is 2.70. The van der Waals surface area contributed by atoms with Gasteiger partial charge in [-0.2, -0.15) is 14.3 Å². The molecule has 0 spiro atoms.